The zero-order valence-electron chi connectivity index (χ0n) is 13.1. The molecule has 1 amide bonds. The van der Waals surface area contributed by atoms with Crippen molar-refractivity contribution in [2.45, 2.75) is 51.6 Å². The second kappa shape index (κ2) is 7.76. The zero-order valence-corrected chi connectivity index (χ0v) is 14.0. The molecule has 1 aromatic rings. The Morgan fingerprint density at radius 2 is 2.23 bits per heavy atom. The van der Waals surface area contributed by atoms with Crippen LogP contribution >= 0.6 is 0 Å². The Bertz CT molecular complexity index is 569. The van der Waals surface area contributed by atoms with Gasteiger partial charge in [0.1, 0.15) is 0 Å². The summed E-state index contributed by atoms with van der Waals surface area (Å²) in [5, 5.41) is 0. The van der Waals surface area contributed by atoms with Crippen molar-refractivity contribution in [3.8, 4) is 0 Å². The van der Waals surface area contributed by atoms with Crippen LogP contribution in [-0.2, 0) is 21.2 Å². The third kappa shape index (κ3) is 4.83. The summed E-state index contributed by atoms with van der Waals surface area (Å²) in [7, 11) is -2.96. The van der Waals surface area contributed by atoms with Crippen molar-refractivity contribution in [1.29, 1.82) is 0 Å². The van der Waals surface area contributed by atoms with E-state index in [1.807, 2.05) is 15.7 Å². The van der Waals surface area contributed by atoms with Crippen molar-refractivity contribution in [2.24, 2.45) is 0 Å². The van der Waals surface area contributed by atoms with Crippen LogP contribution in [-0.4, -0.2) is 52.9 Å². The van der Waals surface area contributed by atoms with E-state index in [1.165, 1.54) is 0 Å². The van der Waals surface area contributed by atoms with Crippen molar-refractivity contribution in [3.63, 3.8) is 0 Å². The molecule has 22 heavy (non-hydrogen) atoms. The number of hydrogen-bond acceptors (Lipinski definition) is 4. The molecular formula is C15H25N3O3S. The Hall–Kier alpha value is -1.37. The lowest BCUT2D eigenvalue weighted by molar-refractivity contribution is -0.133. The van der Waals surface area contributed by atoms with Crippen LogP contribution in [0.1, 0.15) is 39.0 Å². The van der Waals surface area contributed by atoms with Gasteiger partial charge in [-0.15, -0.1) is 0 Å². The average Bonchev–Trinajstić information content (AvgIpc) is 3.09. The highest BCUT2D eigenvalue weighted by molar-refractivity contribution is 7.91. The van der Waals surface area contributed by atoms with E-state index in [4.69, 9.17) is 0 Å². The van der Waals surface area contributed by atoms with Gasteiger partial charge >= 0.3 is 0 Å². The van der Waals surface area contributed by atoms with Crippen molar-refractivity contribution >= 4 is 15.7 Å². The minimum atomic E-state index is -2.96. The van der Waals surface area contributed by atoms with E-state index in [9.17, 15) is 13.2 Å². The summed E-state index contributed by atoms with van der Waals surface area (Å²) in [4.78, 5) is 18.3. The van der Waals surface area contributed by atoms with Gasteiger partial charge in [-0.25, -0.2) is 13.4 Å². The molecule has 1 unspecified atom stereocenters. The molecule has 2 rings (SSSR count). The van der Waals surface area contributed by atoms with Crippen LogP contribution in [0, 0.1) is 0 Å². The maximum atomic E-state index is 12.5. The van der Waals surface area contributed by atoms with Gasteiger partial charge < -0.3 is 9.47 Å². The largest absolute Gasteiger partial charge is 0.339 e. The Morgan fingerprint density at radius 1 is 1.41 bits per heavy atom. The van der Waals surface area contributed by atoms with Gasteiger partial charge in [-0.3, -0.25) is 4.79 Å². The number of amides is 1. The molecule has 0 aliphatic carbocycles. The Kier molecular flexibility index (Phi) is 5.99. The molecule has 124 valence electrons. The lowest BCUT2D eigenvalue weighted by Crippen LogP contribution is -2.41. The first-order valence-corrected chi connectivity index (χ1v) is 9.79. The Balaban J connectivity index is 1.88. The molecule has 0 aromatic carbocycles. The van der Waals surface area contributed by atoms with Crippen molar-refractivity contribution < 1.29 is 13.2 Å². The lowest BCUT2D eigenvalue weighted by atomic mass is 10.1. The van der Waals surface area contributed by atoms with Gasteiger partial charge in [0.05, 0.1) is 17.8 Å². The minimum absolute atomic E-state index is 0.0793. The summed E-state index contributed by atoms with van der Waals surface area (Å²) in [5.41, 5.74) is 0. The average molecular weight is 327 g/mol. The van der Waals surface area contributed by atoms with E-state index in [0.29, 0.717) is 19.4 Å². The third-order valence-electron chi connectivity index (χ3n) is 4.09. The summed E-state index contributed by atoms with van der Waals surface area (Å²) in [6.45, 7) is 3.50. The van der Waals surface area contributed by atoms with E-state index in [-0.39, 0.29) is 23.5 Å². The summed E-state index contributed by atoms with van der Waals surface area (Å²) in [6.07, 6.45) is 9.04. The molecule has 1 fully saturated rings. The van der Waals surface area contributed by atoms with Gasteiger partial charge in [-0.05, 0) is 19.3 Å². The van der Waals surface area contributed by atoms with Gasteiger partial charge in [0.25, 0.3) is 0 Å². The number of rotatable bonds is 8. The number of imidazole rings is 1. The predicted molar refractivity (Wildman–Crippen MR) is 85.1 cm³/mol. The SMILES string of the molecule is CCCCN(C(=O)CCCn1ccnc1)C1CCS(=O)(=O)C1. The molecule has 1 saturated heterocycles. The number of carbonyl (C=O) groups excluding carboxylic acids is 1. The first-order valence-electron chi connectivity index (χ1n) is 7.97. The van der Waals surface area contributed by atoms with E-state index in [2.05, 4.69) is 11.9 Å². The fourth-order valence-corrected chi connectivity index (χ4v) is 4.57. The van der Waals surface area contributed by atoms with E-state index in [1.54, 1.807) is 12.5 Å². The topological polar surface area (TPSA) is 72.3 Å². The summed E-state index contributed by atoms with van der Waals surface area (Å²) >= 11 is 0. The van der Waals surface area contributed by atoms with Crippen LogP contribution in [0.25, 0.3) is 0 Å². The molecule has 0 saturated carbocycles. The highest BCUT2D eigenvalue weighted by Gasteiger charge is 2.33. The number of nitrogens with zero attached hydrogens (tertiary/aromatic N) is 3. The number of unbranched alkanes of at least 4 members (excludes halogenated alkanes) is 1. The highest BCUT2D eigenvalue weighted by Crippen LogP contribution is 2.19. The number of aromatic nitrogens is 2. The van der Waals surface area contributed by atoms with E-state index in [0.717, 1.165) is 25.8 Å². The molecule has 1 atom stereocenters. The zero-order chi connectivity index (χ0) is 16.0. The molecule has 1 aliphatic heterocycles. The molecule has 6 nitrogen and oxygen atoms in total. The first kappa shape index (κ1) is 17.0. The van der Waals surface area contributed by atoms with Crippen LogP contribution in [0.5, 0.6) is 0 Å². The number of hydrogen-bond donors (Lipinski definition) is 0. The van der Waals surface area contributed by atoms with Gasteiger partial charge in [0.15, 0.2) is 9.84 Å². The molecule has 1 aliphatic rings. The first-order chi connectivity index (χ1) is 10.5. The molecule has 0 radical (unpaired) electrons. The second-order valence-corrected chi connectivity index (χ2v) is 8.13. The smallest absolute Gasteiger partial charge is 0.222 e. The molecule has 0 spiro atoms. The monoisotopic (exact) mass is 327 g/mol. The standard InChI is InChI=1S/C15H25N3O3S/c1-2-3-9-18(14-6-11-22(20,21)12-14)15(19)5-4-8-17-10-7-16-13-17/h7,10,13-14H,2-6,8-9,11-12H2,1H3. The molecule has 0 bridgehead atoms. The van der Waals surface area contributed by atoms with Crippen LogP contribution in [0.4, 0.5) is 0 Å². The van der Waals surface area contributed by atoms with Crippen molar-refractivity contribution in [2.75, 3.05) is 18.1 Å². The normalized spacial score (nSPS) is 20.1. The van der Waals surface area contributed by atoms with Crippen LogP contribution < -0.4 is 0 Å². The van der Waals surface area contributed by atoms with Gasteiger partial charge in [-0.2, -0.15) is 0 Å². The number of sulfone groups is 1. The lowest BCUT2D eigenvalue weighted by Gasteiger charge is -2.28. The maximum Gasteiger partial charge on any atom is 0.222 e. The predicted octanol–water partition coefficient (Wildman–Crippen LogP) is 1.48. The summed E-state index contributed by atoms with van der Waals surface area (Å²) in [6, 6.07) is -0.128. The van der Waals surface area contributed by atoms with Crippen LogP contribution in [0.2, 0.25) is 0 Å². The molecule has 2 heterocycles. The quantitative estimate of drug-likeness (QED) is 0.725. The van der Waals surface area contributed by atoms with Gasteiger partial charge in [-0.1, -0.05) is 13.3 Å². The minimum Gasteiger partial charge on any atom is -0.339 e. The third-order valence-corrected chi connectivity index (χ3v) is 5.84. The molecule has 1 aromatic heterocycles. The second-order valence-electron chi connectivity index (χ2n) is 5.90. The molecule has 0 N–H and O–H groups in total. The van der Waals surface area contributed by atoms with Gasteiger partial charge in [0.2, 0.25) is 5.91 Å². The maximum absolute atomic E-state index is 12.5. The summed E-state index contributed by atoms with van der Waals surface area (Å²) < 4.78 is 25.3. The van der Waals surface area contributed by atoms with Gasteiger partial charge in [0, 0.05) is 37.9 Å². The van der Waals surface area contributed by atoms with E-state index < -0.39 is 9.84 Å². The fraction of sp³-hybridized carbons (Fsp3) is 0.733. The van der Waals surface area contributed by atoms with Crippen molar-refractivity contribution in [3.05, 3.63) is 18.7 Å². The van der Waals surface area contributed by atoms with E-state index >= 15 is 0 Å². The number of carbonyl (C=O) groups is 1. The summed E-state index contributed by atoms with van der Waals surface area (Å²) in [5.74, 6) is 0.419. The fourth-order valence-electron chi connectivity index (χ4n) is 2.84. The highest BCUT2D eigenvalue weighted by atomic mass is 32.2. The van der Waals surface area contributed by atoms with Crippen molar-refractivity contribution in [1.82, 2.24) is 14.5 Å². The molecule has 7 heteroatoms. The van der Waals surface area contributed by atoms with Crippen LogP contribution in [0.3, 0.4) is 0 Å². The number of aryl methyl sites for hydroxylation is 1. The Morgan fingerprint density at radius 3 is 2.82 bits per heavy atom. The molecular weight excluding hydrogens is 302 g/mol. The van der Waals surface area contributed by atoms with Crippen LogP contribution in [0.15, 0.2) is 18.7 Å². The Labute approximate surface area is 132 Å².